The highest BCUT2D eigenvalue weighted by atomic mass is 79.9. The molecule has 0 amide bonds. The van der Waals surface area contributed by atoms with E-state index >= 15 is 0 Å². The first kappa shape index (κ1) is 15.4. The molecule has 3 atom stereocenters. The Morgan fingerprint density at radius 1 is 1.00 bits per heavy atom. The summed E-state index contributed by atoms with van der Waals surface area (Å²) < 4.78 is 0. The molecular formula is C18H29Br. The zero-order valence-electron chi connectivity index (χ0n) is 12.8. The molecule has 0 aromatic rings. The summed E-state index contributed by atoms with van der Waals surface area (Å²) in [6, 6.07) is 0. The van der Waals surface area contributed by atoms with E-state index in [4.69, 9.17) is 0 Å². The van der Waals surface area contributed by atoms with Crippen LogP contribution in [0.25, 0.3) is 0 Å². The highest BCUT2D eigenvalue weighted by Crippen LogP contribution is 2.38. The third-order valence-electron chi connectivity index (χ3n) is 5.24. The molecule has 2 aliphatic carbocycles. The van der Waals surface area contributed by atoms with Crippen LogP contribution in [-0.2, 0) is 0 Å². The SMILES string of the molecule is CC1=CC(/C(C)=C(\C)C2CCCCC2Br)CCCC1. The first-order chi connectivity index (χ1) is 9.09. The normalized spacial score (nSPS) is 34.3. The summed E-state index contributed by atoms with van der Waals surface area (Å²) in [5.41, 5.74) is 4.95. The summed E-state index contributed by atoms with van der Waals surface area (Å²) in [7, 11) is 0. The molecule has 19 heavy (non-hydrogen) atoms. The summed E-state index contributed by atoms with van der Waals surface area (Å²) in [5.74, 6) is 1.50. The molecule has 0 N–H and O–H groups in total. The smallest absolute Gasteiger partial charge is 0.0211 e. The molecule has 0 spiro atoms. The summed E-state index contributed by atoms with van der Waals surface area (Å²) >= 11 is 3.93. The Labute approximate surface area is 127 Å². The fourth-order valence-corrected chi connectivity index (χ4v) is 4.76. The summed E-state index contributed by atoms with van der Waals surface area (Å²) in [6.07, 6.45) is 13.6. The van der Waals surface area contributed by atoms with Crippen molar-refractivity contribution in [3.8, 4) is 0 Å². The summed E-state index contributed by atoms with van der Waals surface area (Å²) in [5, 5.41) is 0. The lowest BCUT2D eigenvalue weighted by atomic mass is 9.79. The van der Waals surface area contributed by atoms with Crippen LogP contribution < -0.4 is 0 Å². The van der Waals surface area contributed by atoms with E-state index < -0.39 is 0 Å². The van der Waals surface area contributed by atoms with Crippen LogP contribution in [0.1, 0.15) is 72.1 Å². The molecule has 0 nitrogen and oxygen atoms in total. The lowest BCUT2D eigenvalue weighted by Crippen LogP contribution is -2.22. The molecule has 0 bridgehead atoms. The molecule has 0 aromatic heterocycles. The topological polar surface area (TPSA) is 0 Å². The fourth-order valence-electron chi connectivity index (χ4n) is 3.78. The third kappa shape index (κ3) is 3.97. The van der Waals surface area contributed by atoms with Crippen LogP contribution in [0.4, 0.5) is 0 Å². The van der Waals surface area contributed by atoms with Crippen molar-refractivity contribution < 1.29 is 0 Å². The van der Waals surface area contributed by atoms with E-state index in [-0.39, 0.29) is 0 Å². The Balaban J connectivity index is 2.16. The van der Waals surface area contributed by atoms with Gasteiger partial charge in [-0.25, -0.2) is 0 Å². The van der Waals surface area contributed by atoms with Crippen LogP contribution in [0.15, 0.2) is 22.8 Å². The molecule has 0 aromatic carbocycles. The van der Waals surface area contributed by atoms with Gasteiger partial charge in [0.1, 0.15) is 0 Å². The lowest BCUT2D eigenvalue weighted by Gasteiger charge is -2.31. The third-order valence-corrected chi connectivity index (χ3v) is 6.33. The molecule has 0 saturated heterocycles. The van der Waals surface area contributed by atoms with Crippen molar-refractivity contribution in [1.29, 1.82) is 0 Å². The van der Waals surface area contributed by atoms with Crippen molar-refractivity contribution in [3.63, 3.8) is 0 Å². The van der Waals surface area contributed by atoms with Crippen LogP contribution >= 0.6 is 15.9 Å². The minimum atomic E-state index is 0.712. The minimum Gasteiger partial charge on any atom is -0.0884 e. The van der Waals surface area contributed by atoms with E-state index in [1.165, 1.54) is 51.4 Å². The maximum absolute atomic E-state index is 3.93. The number of halogens is 1. The summed E-state index contributed by atoms with van der Waals surface area (Å²) in [6.45, 7) is 7.10. The zero-order valence-corrected chi connectivity index (χ0v) is 14.4. The highest BCUT2D eigenvalue weighted by Gasteiger charge is 2.26. The first-order valence-electron chi connectivity index (χ1n) is 8.08. The molecule has 0 radical (unpaired) electrons. The van der Waals surface area contributed by atoms with Crippen molar-refractivity contribution in [1.82, 2.24) is 0 Å². The van der Waals surface area contributed by atoms with Gasteiger partial charge in [-0.15, -0.1) is 0 Å². The maximum atomic E-state index is 3.93. The van der Waals surface area contributed by atoms with Gasteiger partial charge in [-0.1, -0.05) is 58.0 Å². The Hall–Kier alpha value is -0.0400. The van der Waals surface area contributed by atoms with Gasteiger partial charge in [0, 0.05) is 4.83 Å². The minimum absolute atomic E-state index is 0.712. The van der Waals surface area contributed by atoms with Crippen LogP contribution in [0.2, 0.25) is 0 Å². The molecule has 108 valence electrons. The van der Waals surface area contributed by atoms with Crippen LogP contribution in [0.3, 0.4) is 0 Å². The number of hydrogen-bond acceptors (Lipinski definition) is 0. The lowest BCUT2D eigenvalue weighted by molar-refractivity contribution is 0.414. The zero-order chi connectivity index (χ0) is 13.8. The number of allylic oxidation sites excluding steroid dienone is 4. The van der Waals surface area contributed by atoms with Crippen molar-refractivity contribution in [3.05, 3.63) is 22.8 Å². The Morgan fingerprint density at radius 3 is 2.42 bits per heavy atom. The van der Waals surface area contributed by atoms with Gasteiger partial charge in [0.05, 0.1) is 0 Å². The maximum Gasteiger partial charge on any atom is 0.0211 e. The number of alkyl halides is 1. The largest absolute Gasteiger partial charge is 0.0884 e. The van der Waals surface area contributed by atoms with Gasteiger partial charge in [0.25, 0.3) is 0 Å². The second-order valence-corrected chi connectivity index (χ2v) is 7.81. The molecular weight excluding hydrogens is 296 g/mol. The van der Waals surface area contributed by atoms with Crippen molar-refractivity contribution in [2.24, 2.45) is 11.8 Å². The van der Waals surface area contributed by atoms with Gasteiger partial charge in [-0.2, -0.15) is 0 Å². The molecule has 3 unspecified atom stereocenters. The van der Waals surface area contributed by atoms with Gasteiger partial charge in [0.2, 0.25) is 0 Å². The monoisotopic (exact) mass is 324 g/mol. The van der Waals surface area contributed by atoms with Crippen LogP contribution in [0.5, 0.6) is 0 Å². The van der Waals surface area contributed by atoms with E-state index in [0.717, 1.165) is 5.92 Å². The van der Waals surface area contributed by atoms with E-state index in [0.29, 0.717) is 10.7 Å². The molecule has 2 aliphatic rings. The predicted octanol–water partition coefficient (Wildman–Crippen LogP) is 6.41. The molecule has 2 rings (SSSR count). The van der Waals surface area contributed by atoms with E-state index in [2.05, 4.69) is 42.8 Å². The van der Waals surface area contributed by atoms with Crippen LogP contribution in [0, 0.1) is 11.8 Å². The van der Waals surface area contributed by atoms with Gasteiger partial charge in [-0.3, -0.25) is 0 Å². The second kappa shape index (κ2) is 7.11. The molecule has 1 heteroatoms. The molecule has 1 saturated carbocycles. The molecule has 0 aliphatic heterocycles. The molecule has 0 heterocycles. The average Bonchev–Trinajstić information content (AvgIpc) is 2.62. The van der Waals surface area contributed by atoms with Gasteiger partial charge < -0.3 is 0 Å². The van der Waals surface area contributed by atoms with Gasteiger partial charge >= 0.3 is 0 Å². The molecule has 1 fully saturated rings. The first-order valence-corrected chi connectivity index (χ1v) is 8.99. The van der Waals surface area contributed by atoms with Gasteiger partial charge in [-0.05, 0) is 64.7 Å². The standard InChI is InChI=1S/C18H29Br/c1-13-8-4-5-9-16(12-13)14(2)15(3)17-10-6-7-11-18(17)19/h12,16-18H,4-11H2,1-3H3/b15-14+. The van der Waals surface area contributed by atoms with E-state index in [1.54, 1.807) is 16.7 Å². The van der Waals surface area contributed by atoms with Crippen molar-refractivity contribution in [2.45, 2.75) is 77.0 Å². The van der Waals surface area contributed by atoms with Gasteiger partial charge in [0.15, 0.2) is 0 Å². The quantitative estimate of drug-likeness (QED) is 0.406. The number of hydrogen-bond donors (Lipinski definition) is 0. The fraction of sp³-hybridized carbons (Fsp3) is 0.778. The second-order valence-electron chi connectivity index (χ2n) is 6.64. The van der Waals surface area contributed by atoms with Crippen molar-refractivity contribution in [2.75, 3.05) is 0 Å². The predicted molar refractivity (Wildman–Crippen MR) is 88.8 cm³/mol. The van der Waals surface area contributed by atoms with E-state index in [9.17, 15) is 0 Å². The Bertz CT molecular complexity index is 364. The summed E-state index contributed by atoms with van der Waals surface area (Å²) in [4.78, 5) is 0.715. The Morgan fingerprint density at radius 2 is 1.68 bits per heavy atom. The van der Waals surface area contributed by atoms with E-state index in [1.807, 2.05) is 0 Å². The van der Waals surface area contributed by atoms with Crippen LogP contribution in [-0.4, -0.2) is 4.83 Å². The average molecular weight is 325 g/mol. The highest BCUT2D eigenvalue weighted by molar-refractivity contribution is 9.09. The number of rotatable bonds is 2. The van der Waals surface area contributed by atoms with Crippen molar-refractivity contribution >= 4 is 15.9 Å². The Kier molecular flexibility index (Phi) is 5.74.